The van der Waals surface area contributed by atoms with Crippen LogP contribution in [-0.4, -0.2) is 52.7 Å². The lowest BCUT2D eigenvalue weighted by Crippen LogP contribution is -2.47. The van der Waals surface area contributed by atoms with Crippen LogP contribution in [0.4, 0.5) is 0 Å². The number of imidazole rings is 1. The van der Waals surface area contributed by atoms with E-state index in [4.69, 9.17) is 4.74 Å². The smallest absolute Gasteiger partial charge is 0.194 e. The van der Waals surface area contributed by atoms with Crippen molar-refractivity contribution in [1.29, 1.82) is 0 Å². The van der Waals surface area contributed by atoms with Gasteiger partial charge in [-0.2, -0.15) is 0 Å². The molecular formula is C21H32IN5O. The summed E-state index contributed by atoms with van der Waals surface area (Å²) in [7, 11) is 1.83. The highest BCUT2D eigenvalue weighted by Crippen LogP contribution is 2.20. The van der Waals surface area contributed by atoms with Gasteiger partial charge in [0.05, 0.1) is 30.1 Å². The van der Waals surface area contributed by atoms with Gasteiger partial charge in [-0.3, -0.25) is 4.99 Å². The SMILES string of the molecule is CN=C(NCc1ncc(-c2ccccc2)[nH]1)N1CCC(OC(C)(C)C)CC1.I. The van der Waals surface area contributed by atoms with Crippen molar-refractivity contribution in [2.45, 2.75) is 51.9 Å². The van der Waals surface area contributed by atoms with Crippen LogP contribution in [-0.2, 0) is 11.3 Å². The van der Waals surface area contributed by atoms with E-state index < -0.39 is 0 Å². The molecule has 1 fully saturated rings. The lowest BCUT2D eigenvalue weighted by Gasteiger charge is -2.36. The third-order valence-corrected chi connectivity index (χ3v) is 4.60. The maximum Gasteiger partial charge on any atom is 0.194 e. The molecule has 1 aliphatic heterocycles. The first-order valence-corrected chi connectivity index (χ1v) is 9.67. The summed E-state index contributed by atoms with van der Waals surface area (Å²) in [4.78, 5) is 14.6. The van der Waals surface area contributed by atoms with Gasteiger partial charge in [0.1, 0.15) is 5.82 Å². The van der Waals surface area contributed by atoms with Crippen LogP contribution in [0.1, 0.15) is 39.4 Å². The summed E-state index contributed by atoms with van der Waals surface area (Å²) in [6, 6.07) is 10.2. The molecule has 0 amide bonds. The number of halogens is 1. The van der Waals surface area contributed by atoms with Gasteiger partial charge in [-0.15, -0.1) is 24.0 Å². The first-order chi connectivity index (χ1) is 12.9. The topological polar surface area (TPSA) is 65.5 Å². The number of guanidine groups is 1. The molecule has 28 heavy (non-hydrogen) atoms. The third-order valence-electron chi connectivity index (χ3n) is 4.60. The van der Waals surface area contributed by atoms with Gasteiger partial charge in [0.15, 0.2) is 5.96 Å². The molecule has 1 saturated heterocycles. The van der Waals surface area contributed by atoms with Gasteiger partial charge in [0.2, 0.25) is 0 Å². The van der Waals surface area contributed by atoms with Crippen molar-refractivity contribution in [3.8, 4) is 11.3 Å². The van der Waals surface area contributed by atoms with Crippen LogP contribution >= 0.6 is 24.0 Å². The normalized spacial score (nSPS) is 16.0. The number of likely N-dealkylation sites (tertiary alicyclic amines) is 1. The van der Waals surface area contributed by atoms with E-state index >= 15 is 0 Å². The van der Waals surface area contributed by atoms with Gasteiger partial charge in [0.25, 0.3) is 0 Å². The summed E-state index contributed by atoms with van der Waals surface area (Å²) in [5.74, 6) is 1.82. The Balaban J connectivity index is 0.00000280. The van der Waals surface area contributed by atoms with Gasteiger partial charge in [-0.05, 0) is 39.2 Å². The molecule has 154 valence electrons. The van der Waals surface area contributed by atoms with E-state index in [-0.39, 0.29) is 29.6 Å². The predicted octanol–water partition coefficient (Wildman–Crippen LogP) is 4.05. The Labute approximate surface area is 185 Å². The lowest BCUT2D eigenvalue weighted by atomic mass is 10.1. The van der Waals surface area contributed by atoms with E-state index in [2.05, 4.69) is 58.1 Å². The molecule has 0 bridgehead atoms. The van der Waals surface area contributed by atoms with Crippen molar-refractivity contribution in [3.63, 3.8) is 0 Å². The summed E-state index contributed by atoms with van der Waals surface area (Å²) < 4.78 is 6.11. The highest BCUT2D eigenvalue weighted by molar-refractivity contribution is 14.0. The Morgan fingerprint density at radius 2 is 1.93 bits per heavy atom. The number of ether oxygens (including phenoxy) is 1. The number of aromatic amines is 1. The van der Waals surface area contributed by atoms with Crippen LogP contribution in [0.5, 0.6) is 0 Å². The van der Waals surface area contributed by atoms with Gasteiger partial charge in [-0.1, -0.05) is 30.3 Å². The van der Waals surface area contributed by atoms with Gasteiger partial charge < -0.3 is 19.9 Å². The molecule has 1 aliphatic rings. The standard InChI is InChI=1S/C21H31N5O.HI/c1-21(2,3)27-17-10-12-26(13-11-17)20(22-4)24-15-19-23-14-18(25-19)16-8-6-5-7-9-16;/h5-9,14,17H,10-13,15H2,1-4H3,(H,22,24)(H,23,25);1H. The zero-order valence-corrected chi connectivity index (χ0v) is 19.6. The first kappa shape index (κ1) is 22.7. The van der Waals surface area contributed by atoms with E-state index in [1.165, 1.54) is 0 Å². The minimum Gasteiger partial charge on any atom is -0.372 e. The molecule has 0 aliphatic carbocycles. The van der Waals surface area contributed by atoms with Crippen LogP contribution in [0.15, 0.2) is 41.5 Å². The zero-order valence-electron chi connectivity index (χ0n) is 17.2. The van der Waals surface area contributed by atoms with E-state index in [9.17, 15) is 0 Å². The Morgan fingerprint density at radius 1 is 1.25 bits per heavy atom. The summed E-state index contributed by atoms with van der Waals surface area (Å²) in [6.07, 6.45) is 4.26. The highest BCUT2D eigenvalue weighted by atomic mass is 127. The molecule has 7 heteroatoms. The van der Waals surface area contributed by atoms with Crippen molar-refractivity contribution < 1.29 is 4.74 Å². The van der Waals surface area contributed by atoms with Gasteiger partial charge in [0, 0.05) is 20.1 Å². The van der Waals surface area contributed by atoms with E-state index in [1.54, 1.807) is 0 Å². The number of aliphatic imine (C=N–C) groups is 1. The zero-order chi connectivity index (χ0) is 19.3. The number of hydrogen-bond donors (Lipinski definition) is 2. The van der Waals surface area contributed by atoms with E-state index in [0.717, 1.165) is 49.0 Å². The molecule has 0 spiro atoms. The monoisotopic (exact) mass is 497 g/mol. The van der Waals surface area contributed by atoms with Crippen molar-refractivity contribution in [3.05, 3.63) is 42.4 Å². The van der Waals surface area contributed by atoms with Crippen LogP contribution in [0.25, 0.3) is 11.3 Å². The van der Waals surface area contributed by atoms with Crippen LogP contribution in [0.3, 0.4) is 0 Å². The Hall–Kier alpha value is -1.61. The molecule has 2 heterocycles. The molecule has 1 aromatic heterocycles. The Bertz CT molecular complexity index is 746. The van der Waals surface area contributed by atoms with Crippen LogP contribution in [0.2, 0.25) is 0 Å². The Kier molecular flexibility index (Phi) is 8.30. The number of rotatable bonds is 4. The number of nitrogens with one attached hydrogen (secondary N) is 2. The molecule has 0 atom stereocenters. The summed E-state index contributed by atoms with van der Waals surface area (Å²) in [6.45, 7) is 8.88. The highest BCUT2D eigenvalue weighted by Gasteiger charge is 2.25. The molecule has 0 saturated carbocycles. The minimum absolute atomic E-state index is 0. The second-order valence-corrected chi connectivity index (χ2v) is 7.93. The first-order valence-electron chi connectivity index (χ1n) is 9.67. The van der Waals surface area contributed by atoms with Crippen LogP contribution < -0.4 is 5.32 Å². The minimum atomic E-state index is -0.0808. The maximum atomic E-state index is 6.11. The molecule has 2 aromatic rings. The number of piperidine rings is 1. The molecule has 0 unspecified atom stereocenters. The molecule has 3 rings (SSSR count). The molecule has 2 N–H and O–H groups in total. The summed E-state index contributed by atoms with van der Waals surface area (Å²) in [5.41, 5.74) is 2.09. The second-order valence-electron chi connectivity index (χ2n) is 7.93. The largest absolute Gasteiger partial charge is 0.372 e. The van der Waals surface area contributed by atoms with Crippen LogP contribution in [0, 0.1) is 0 Å². The van der Waals surface area contributed by atoms with Crippen molar-refractivity contribution in [1.82, 2.24) is 20.2 Å². The fourth-order valence-electron chi connectivity index (χ4n) is 3.40. The molecule has 6 nitrogen and oxygen atoms in total. The predicted molar refractivity (Wildman–Crippen MR) is 125 cm³/mol. The lowest BCUT2D eigenvalue weighted by molar-refractivity contribution is -0.0772. The third kappa shape index (κ3) is 6.48. The number of hydrogen-bond acceptors (Lipinski definition) is 3. The number of aromatic nitrogens is 2. The van der Waals surface area contributed by atoms with E-state index in [0.29, 0.717) is 12.6 Å². The van der Waals surface area contributed by atoms with Crippen molar-refractivity contribution >= 4 is 29.9 Å². The molecular weight excluding hydrogens is 465 g/mol. The summed E-state index contributed by atoms with van der Waals surface area (Å²) in [5, 5.41) is 3.42. The fraction of sp³-hybridized carbons (Fsp3) is 0.524. The number of H-pyrrole nitrogens is 1. The maximum absolute atomic E-state index is 6.11. The van der Waals surface area contributed by atoms with E-state index in [1.807, 2.05) is 31.4 Å². The molecule has 0 radical (unpaired) electrons. The average Bonchev–Trinajstić information content (AvgIpc) is 3.12. The molecule has 1 aromatic carbocycles. The van der Waals surface area contributed by atoms with Gasteiger partial charge in [-0.25, -0.2) is 4.98 Å². The number of benzene rings is 1. The fourth-order valence-corrected chi connectivity index (χ4v) is 3.40. The second kappa shape index (κ2) is 10.2. The number of nitrogens with zero attached hydrogens (tertiary/aromatic N) is 3. The Morgan fingerprint density at radius 3 is 2.54 bits per heavy atom. The van der Waals surface area contributed by atoms with Gasteiger partial charge >= 0.3 is 0 Å². The van der Waals surface area contributed by atoms with Crippen molar-refractivity contribution in [2.75, 3.05) is 20.1 Å². The quantitative estimate of drug-likeness (QED) is 0.380. The summed E-state index contributed by atoms with van der Waals surface area (Å²) >= 11 is 0. The van der Waals surface area contributed by atoms with Crippen molar-refractivity contribution in [2.24, 2.45) is 4.99 Å². The average molecular weight is 497 g/mol.